The Labute approximate surface area is 171 Å². The molecule has 1 atom stereocenters. The molecule has 6 heteroatoms. The standard InChI is InChI=1S/C22H27N3O2S/c1-16(25-13-12-17-8-4-5-9-18(17)14-25)22(27)24(2)15-21(26)23-19-10-6-7-11-20(19)28-3/h4-11,16H,12-15H2,1-3H3,(H,23,26). The van der Waals surface area contributed by atoms with Crippen molar-refractivity contribution >= 4 is 29.3 Å². The fraction of sp³-hybridized carbons (Fsp3) is 0.364. The van der Waals surface area contributed by atoms with Crippen molar-refractivity contribution in [2.45, 2.75) is 30.8 Å². The van der Waals surface area contributed by atoms with Gasteiger partial charge in [0.2, 0.25) is 11.8 Å². The third-order valence-corrected chi connectivity index (χ3v) is 6.00. The Morgan fingerprint density at radius 1 is 1.14 bits per heavy atom. The molecule has 0 fully saturated rings. The molecule has 28 heavy (non-hydrogen) atoms. The van der Waals surface area contributed by atoms with Gasteiger partial charge in [0, 0.05) is 25.0 Å². The summed E-state index contributed by atoms with van der Waals surface area (Å²) in [6, 6.07) is 15.8. The lowest BCUT2D eigenvalue weighted by atomic mass is 9.98. The number of rotatable bonds is 6. The average molecular weight is 398 g/mol. The van der Waals surface area contributed by atoms with Gasteiger partial charge in [-0.05, 0) is 42.9 Å². The second-order valence-electron chi connectivity index (χ2n) is 7.11. The third-order valence-electron chi connectivity index (χ3n) is 5.20. The number of likely N-dealkylation sites (N-methyl/N-ethyl adjacent to an activating group) is 1. The summed E-state index contributed by atoms with van der Waals surface area (Å²) < 4.78 is 0. The van der Waals surface area contributed by atoms with Crippen molar-refractivity contribution in [3.8, 4) is 0 Å². The third kappa shape index (κ3) is 4.75. The highest BCUT2D eigenvalue weighted by molar-refractivity contribution is 7.98. The van der Waals surface area contributed by atoms with Crippen LogP contribution in [0.15, 0.2) is 53.4 Å². The van der Waals surface area contributed by atoms with Gasteiger partial charge in [-0.3, -0.25) is 14.5 Å². The number of anilines is 1. The topological polar surface area (TPSA) is 52.7 Å². The molecule has 1 heterocycles. The normalized spacial score (nSPS) is 14.8. The second-order valence-corrected chi connectivity index (χ2v) is 7.96. The highest BCUT2D eigenvalue weighted by Crippen LogP contribution is 2.24. The number of benzene rings is 2. The first kappa shape index (κ1) is 20.4. The zero-order valence-corrected chi connectivity index (χ0v) is 17.5. The van der Waals surface area contributed by atoms with Crippen LogP contribution in [0.3, 0.4) is 0 Å². The van der Waals surface area contributed by atoms with E-state index in [1.54, 1.807) is 18.8 Å². The highest BCUT2D eigenvalue weighted by atomic mass is 32.2. The predicted molar refractivity (Wildman–Crippen MR) is 115 cm³/mol. The Morgan fingerprint density at radius 3 is 2.57 bits per heavy atom. The first-order valence-electron chi connectivity index (χ1n) is 9.48. The molecule has 1 N–H and O–H groups in total. The molecule has 1 unspecified atom stereocenters. The molecule has 1 aliphatic heterocycles. The number of hydrogen-bond acceptors (Lipinski definition) is 4. The molecule has 2 aromatic rings. The summed E-state index contributed by atoms with van der Waals surface area (Å²) >= 11 is 1.58. The molecular formula is C22H27N3O2S. The largest absolute Gasteiger partial charge is 0.335 e. The lowest BCUT2D eigenvalue weighted by molar-refractivity contribution is -0.138. The molecule has 2 amide bonds. The van der Waals surface area contributed by atoms with Crippen LogP contribution >= 0.6 is 11.8 Å². The van der Waals surface area contributed by atoms with Crippen LogP contribution in [-0.2, 0) is 22.6 Å². The molecule has 2 aromatic carbocycles. The number of carbonyl (C=O) groups is 2. The van der Waals surface area contributed by atoms with Crippen LogP contribution in [0.4, 0.5) is 5.69 Å². The second kappa shape index (κ2) is 9.26. The molecule has 0 saturated heterocycles. The van der Waals surface area contributed by atoms with Crippen molar-refractivity contribution in [3.63, 3.8) is 0 Å². The monoisotopic (exact) mass is 397 g/mol. The van der Waals surface area contributed by atoms with E-state index in [4.69, 9.17) is 0 Å². The van der Waals surface area contributed by atoms with E-state index in [-0.39, 0.29) is 24.4 Å². The molecule has 0 aliphatic carbocycles. The van der Waals surface area contributed by atoms with Crippen LogP contribution in [0.2, 0.25) is 0 Å². The average Bonchev–Trinajstić information content (AvgIpc) is 2.72. The zero-order valence-electron chi connectivity index (χ0n) is 16.6. The van der Waals surface area contributed by atoms with Gasteiger partial charge in [-0.2, -0.15) is 0 Å². The molecule has 0 aromatic heterocycles. The SMILES string of the molecule is CSc1ccccc1NC(=O)CN(C)C(=O)C(C)N1CCc2ccccc2C1. The van der Waals surface area contributed by atoms with E-state index in [1.165, 1.54) is 16.0 Å². The smallest absolute Gasteiger partial charge is 0.244 e. The van der Waals surface area contributed by atoms with Gasteiger partial charge in [0.25, 0.3) is 0 Å². The van der Waals surface area contributed by atoms with Crippen LogP contribution in [0.1, 0.15) is 18.1 Å². The Hall–Kier alpha value is -2.31. The molecule has 3 rings (SSSR count). The number of hydrogen-bond donors (Lipinski definition) is 1. The van der Waals surface area contributed by atoms with Gasteiger partial charge in [-0.1, -0.05) is 36.4 Å². The van der Waals surface area contributed by atoms with Crippen molar-refractivity contribution in [1.29, 1.82) is 0 Å². The van der Waals surface area contributed by atoms with Crippen molar-refractivity contribution in [2.75, 3.05) is 31.7 Å². The fourth-order valence-electron chi connectivity index (χ4n) is 3.55. The van der Waals surface area contributed by atoms with E-state index in [2.05, 4.69) is 28.4 Å². The van der Waals surface area contributed by atoms with Gasteiger partial charge in [-0.15, -0.1) is 11.8 Å². The highest BCUT2D eigenvalue weighted by Gasteiger charge is 2.28. The number of fused-ring (bicyclic) bond motifs is 1. The lowest BCUT2D eigenvalue weighted by Crippen LogP contribution is -2.49. The summed E-state index contributed by atoms with van der Waals surface area (Å²) in [5.41, 5.74) is 3.42. The fourth-order valence-corrected chi connectivity index (χ4v) is 4.11. The molecule has 148 valence electrons. The first-order valence-corrected chi connectivity index (χ1v) is 10.7. The zero-order chi connectivity index (χ0) is 20.1. The van der Waals surface area contributed by atoms with Gasteiger partial charge in [0.15, 0.2) is 0 Å². The lowest BCUT2D eigenvalue weighted by Gasteiger charge is -2.34. The summed E-state index contributed by atoms with van der Waals surface area (Å²) in [6.07, 6.45) is 2.92. The molecular weight excluding hydrogens is 370 g/mol. The molecule has 0 spiro atoms. The van der Waals surface area contributed by atoms with Crippen LogP contribution < -0.4 is 5.32 Å². The maximum absolute atomic E-state index is 12.9. The van der Waals surface area contributed by atoms with Crippen molar-refractivity contribution in [1.82, 2.24) is 9.80 Å². The first-order chi connectivity index (χ1) is 13.5. The van der Waals surface area contributed by atoms with E-state index < -0.39 is 0 Å². The quantitative estimate of drug-likeness (QED) is 0.761. The Morgan fingerprint density at radius 2 is 1.82 bits per heavy atom. The van der Waals surface area contributed by atoms with Gasteiger partial charge >= 0.3 is 0 Å². The van der Waals surface area contributed by atoms with Crippen molar-refractivity contribution in [2.24, 2.45) is 0 Å². The van der Waals surface area contributed by atoms with E-state index in [9.17, 15) is 9.59 Å². The predicted octanol–water partition coefficient (Wildman–Crippen LogP) is 3.25. The number of nitrogens with one attached hydrogen (secondary N) is 1. The number of para-hydroxylation sites is 1. The summed E-state index contributed by atoms with van der Waals surface area (Å²) in [5.74, 6) is -0.221. The van der Waals surface area contributed by atoms with E-state index in [1.807, 2.05) is 43.5 Å². The molecule has 0 bridgehead atoms. The van der Waals surface area contributed by atoms with Crippen LogP contribution in [0.25, 0.3) is 0 Å². The van der Waals surface area contributed by atoms with Crippen LogP contribution in [-0.4, -0.2) is 54.0 Å². The molecule has 0 radical (unpaired) electrons. The summed E-state index contributed by atoms with van der Waals surface area (Å²) in [5, 5.41) is 2.91. The number of carbonyl (C=O) groups excluding carboxylic acids is 2. The number of thioether (sulfide) groups is 1. The minimum absolute atomic E-state index is 0.0346. The van der Waals surface area contributed by atoms with Gasteiger partial charge < -0.3 is 10.2 Å². The summed E-state index contributed by atoms with van der Waals surface area (Å²) in [7, 11) is 1.69. The maximum atomic E-state index is 12.9. The van der Waals surface area contributed by atoms with E-state index in [0.29, 0.717) is 0 Å². The van der Waals surface area contributed by atoms with Gasteiger partial charge in [0.05, 0.1) is 18.3 Å². The van der Waals surface area contributed by atoms with Gasteiger partial charge in [0.1, 0.15) is 0 Å². The van der Waals surface area contributed by atoms with E-state index >= 15 is 0 Å². The Bertz CT molecular complexity index is 855. The molecule has 5 nitrogen and oxygen atoms in total. The van der Waals surface area contributed by atoms with Crippen LogP contribution in [0.5, 0.6) is 0 Å². The minimum atomic E-state index is -0.260. The minimum Gasteiger partial charge on any atom is -0.335 e. The van der Waals surface area contributed by atoms with Crippen molar-refractivity contribution < 1.29 is 9.59 Å². The number of nitrogens with zero attached hydrogens (tertiary/aromatic N) is 2. The van der Waals surface area contributed by atoms with Crippen LogP contribution in [0, 0.1) is 0 Å². The Kier molecular flexibility index (Phi) is 6.75. The maximum Gasteiger partial charge on any atom is 0.244 e. The van der Waals surface area contributed by atoms with Crippen molar-refractivity contribution in [3.05, 3.63) is 59.7 Å². The molecule has 1 aliphatic rings. The number of amides is 2. The van der Waals surface area contributed by atoms with Gasteiger partial charge in [-0.25, -0.2) is 0 Å². The Balaban J connectivity index is 1.57. The summed E-state index contributed by atoms with van der Waals surface area (Å²) in [4.78, 5) is 30.0. The summed E-state index contributed by atoms with van der Waals surface area (Å²) in [6.45, 7) is 3.58. The van der Waals surface area contributed by atoms with E-state index in [0.717, 1.165) is 30.1 Å². The molecule has 0 saturated carbocycles.